The molecule has 1 aromatic carbocycles. The Balaban J connectivity index is 1.35. The summed E-state index contributed by atoms with van der Waals surface area (Å²) in [6.07, 6.45) is 4.72. The van der Waals surface area contributed by atoms with Gasteiger partial charge in [-0.15, -0.1) is 0 Å². The van der Waals surface area contributed by atoms with E-state index in [0.29, 0.717) is 18.2 Å². The van der Waals surface area contributed by atoms with Crippen LogP contribution in [0.3, 0.4) is 0 Å². The van der Waals surface area contributed by atoms with Crippen molar-refractivity contribution >= 4 is 11.7 Å². The van der Waals surface area contributed by atoms with Crippen LogP contribution in [0.25, 0.3) is 0 Å². The van der Waals surface area contributed by atoms with E-state index in [-0.39, 0.29) is 0 Å². The number of fused-ring (bicyclic) bond motifs is 1. The maximum Gasteiger partial charge on any atom is 0.223 e. The Bertz CT molecular complexity index is 765. The zero-order chi connectivity index (χ0) is 17.2. The van der Waals surface area contributed by atoms with Crippen LogP contribution in [0, 0.1) is 6.92 Å². The molecule has 2 aliphatic rings. The molecule has 0 N–H and O–H groups in total. The zero-order valence-electron chi connectivity index (χ0n) is 14.8. The number of pyridine rings is 1. The molecule has 0 spiro atoms. The van der Waals surface area contributed by atoms with Crippen LogP contribution in [0.4, 0.5) is 5.82 Å². The predicted octanol–water partition coefficient (Wildman–Crippen LogP) is 3.16. The average molecular weight is 335 g/mol. The summed E-state index contributed by atoms with van der Waals surface area (Å²) in [7, 11) is 0. The molecule has 1 fully saturated rings. The van der Waals surface area contributed by atoms with Crippen LogP contribution in [0.15, 0.2) is 42.6 Å². The molecule has 130 valence electrons. The van der Waals surface area contributed by atoms with Crippen LogP contribution in [-0.2, 0) is 11.2 Å². The van der Waals surface area contributed by atoms with Gasteiger partial charge in [0.05, 0.1) is 0 Å². The summed E-state index contributed by atoms with van der Waals surface area (Å²) in [5, 5.41) is 0. The fraction of sp³-hybridized carbons (Fsp3) is 0.429. The van der Waals surface area contributed by atoms with Crippen molar-refractivity contribution < 1.29 is 4.79 Å². The van der Waals surface area contributed by atoms with Gasteiger partial charge in [-0.1, -0.05) is 30.3 Å². The molecule has 1 saturated heterocycles. The van der Waals surface area contributed by atoms with Crippen molar-refractivity contribution in [3.63, 3.8) is 0 Å². The van der Waals surface area contributed by atoms with Crippen molar-refractivity contribution in [3.8, 4) is 0 Å². The summed E-state index contributed by atoms with van der Waals surface area (Å²) in [6, 6.07) is 12.7. The van der Waals surface area contributed by atoms with Gasteiger partial charge in [0.25, 0.3) is 0 Å². The molecule has 1 atom stereocenters. The van der Waals surface area contributed by atoms with Crippen molar-refractivity contribution in [3.05, 3.63) is 59.3 Å². The van der Waals surface area contributed by atoms with Gasteiger partial charge in [0, 0.05) is 38.8 Å². The lowest BCUT2D eigenvalue weighted by molar-refractivity contribution is -0.131. The molecule has 0 bridgehead atoms. The van der Waals surface area contributed by atoms with Gasteiger partial charge in [-0.2, -0.15) is 0 Å². The van der Waals surface area contributed by atoms with E-state index in [4.69, 9.17) is 0 Å². The third-order valence-electron chi connectivity index (χ3n) is 5.59. The lowest BCUT2D eigenvalue weighted by Gasteiger charge is -2.36. The number of aryl methyl sites for hydroxylation is 2. The van der Waals surface area contributed by atoms with Crippen molar-refractivity contribution in [2.24, 2.45) is 0 Å². The molecule has 4 nitrogen and oxygen atoms in total. The van der Waals surface area contributed by atoms with E-state index in [9.17, 15) is 4.79 Å². The van der Waals surface area contributed by atoms with Crippen LogP contribution in [0.5, 0.6) is 0 Å². The van der Waals surface area contributed by atoms with Crippen molar-refractivity contribution in [2.75, 3.05) is 31.1 Å². The quantitative estimate of drug-likeness (QED) is 0.864. The molecular weight excluding hydrogens is 310 g/mol. The van der Waals surface area contributed by atoms with Crippen LogP contribution >= 0.6 is 0 Å². The number of benzene rings is 1. The Hall–Kier alpha value is -2.36. The van der Waals surface area contributed by atoms with E-state index in [1.54, 1.807) is 0 Å². The monoisotopic (exact) mass is 335 g/mol. The second-order valence-corrected chi connectivity index (χ2v) is 7.15. The summed E-state index contributed by atoms with van der Waals surface area (Å²) in [5.74, 6) is 1.76. The molecule has 0 saturated carbocycles. The number of amides is 1. The second-order valence-electron chi connectivity index (χ2n) is 7.15. The molecule has 2 aromatic rings. The zero-order valence-corrected chi connectivity index (χ0v) is 14.8. The largest absolute Gasteiger partial charge is 0.353 e. The molecule has 25 heavy (non-hydrogen) atoms. The molecule has 0 radical (unpaired) electrons. The number of hydrogen-bond donors (Lipinski definition) is 0. The Morgan fingerprint density at radius 1 is 1.12 bits per heavy atom. The molecule has 1 aliphatic heterocycles. The minimum Gasteiger partial charge on any atom is -0.353 e. The third kappa shape index (κ3) is 3.26. The van der Waals surface area contributed by atoms with Gasteiger partial charge in [-0.25, -0.2) is 4.98 Å². The predicted molar refractivity (Wildman–Crippen MR) is 99.9 cm³/mol. The van der Waals surface area contributed by atoms with Gasteiger partial charge >= 0.3 is 0 Å². The number of hydrogen-bond acceptors (Lipinski definition) is 3. The fourth-order valence-corrected chi connectivity index (χ4v) is 4.17. The maximum absolute atomic E-state index is 12.8. The van der Waals surface area contributed by atoms with Crippen molar-refractivity contribution in [2.45, 2.75) is 32.1 Å². The number of anilines is 1. The summed E-state index contributed by atoms with van der Waals surface area (Å²) in [5.41, 5.74) is 4.01. The molecule has 0 unspecified atom stereocenters. The first-order valence-corrected chi connectivity index (χ1v) is 9.24. The lowest BCUT2D eigenvalue weighted by atomic mass is 9.97. The molecule has 4 rings (SSSR count). The normalized spacial score (nSPS) is 19.8. The fourth-order valence-electron chi connectivity index (χ4n) is 4.17. The van der Waals surface area contributed by atoms with E-state index in [2.05, 4.69) is 47.1 Å². The minimum absolute atomic E-state index is 0.305. The van der Waals surface area contributed by atoms with Crippen LogP contribution in [-0.4, -0.2) is 42.0 Å². The molecule has 2 heterocycles. The molecule has 1 aromatic heterocycles. The van der Waals surface area contributed by atoms with Gasteiger partial charge in [-0.3, -0.25) is 4.79 Å². The highest BCUT2D eigenvalue weighted by Crippen LogP contribution is 2.35. The summed E-state index contributed by atoms with van der Waals surface area (Å²) in [6.45, 7) is 5.42. The molecular formula is C21H25N3O. The van der Waals surface area contributed by atoms with E-state index in [1.165, 1.54) is 16.7 Å². The Labute approximate surface area is 149 Å². The third-order valence-corrected chi connectivity index (χ3v) is 5.59. The molecule has 1 amide bonds. The SMILES string of the molecule is Cc1cccnc1N1CCN(C(=O)C[C@@H]2CCc3ccccc32)CC1. The first-order valence-electron chi connectivity index (χ1n) is 9.24. The summed E-state index contributed by atoms with van der Waals surface area (Å²) in [4.78, 5) is 21.6. The minimum atomic E-state index is 0.305. The topological polar surface area (TPSA) is 36.4 Å². The highest BCUT2D eigenvalue weighted by Gasteiger charge is 2.28. The number of nitrogens with zero attached hydrogens (tertiary/aromatic N) is 3. The number of carbonyl (C=O) groups is 1. The van der Waals surface area contributed by atoms with E-state index in [1.807, 2.05) is 17.2 Å². The Morgan fingerprint density at radius 2 is 1.92 bits per heavy atom. The van der Waals surface area contributed by atoms with Gasteiger partial charge in [0.2, 0.25) is 5.91 Å². The summed E-state index contributed by atoms with van der Waals surface area (Å²) >= 11 is 0. The Kier molecular flexibility index (Phi) is 4.43. The molecule has 1 aliphatic carbocycles. The highest BCUT2D eigenvalue weighted by atomic mass is 16.2. The van der Waals surface area contributed by atoms with E-state index < -0.39 is 0 Å². The number of piperazine rings is 1. The maximum atomic E-state index is 12.8. The van der Waals surface area contributed by atoms with Gasteiger partial charge in [0.1, 0.15) is 5.82 Å². The molecule has 4 heteroatoms. The highest BCUT2D eigenvalue weighted by molar-refractivity contribution is 5.77. The summed E-state index contributed by atoms with van der Waals surface area (Å²) < 4.78 is 0. The van der Waals surface area contributed by atoms with Crippen LogP contribution in [0.1, 0.15) is 35.4 Å². The van der Waals surface area contributed by atoms with Gasteiger partial charge in [0.15, 0.2) is 0 Å². The first kappa shape index (κ1) is 16.1. The van der Waals surface area contributed by atoms with Gasteiger partial charge < -0.3 is 9.80 Å². The van der Waals surface area contributed by atoms with E-state index >= 15 is 0 Å². The Morgan fingerprint density at radius 3 is 2.72 bits per heavy atom. The smallest absolute Gasteiger partial charge is 0.223 e. The second kappa shape index (κ2) is 6.87. The first-order chi connectivity index (χ1) is 12.2. The van der Waals surface area contributed by atoms with E-state index in [0.717, 1.165) is 44.8 Å². The number of carbonyl (C=O) groups excluding carboxylic acids is 1. The average Bonchev–Trinajstić information content (AvgIpc) is 3.05. The standard InChI is InChI=1S/C21H25N3O/c1-16-5-4-10-22-21(16)24-13-11-23(12-14-24)20(25)15-18-9-8-17-6-2-3-7-19(17)18/h2-7,10,18H,8-9,11-15H2,1H3/t18-/m0/s1. The van der Waals surface area contributed by atoms with Crippen molar-refractivity contribution in [1.82, 2.24) is 9.88 Å². The van der Waals surface area contributed by atoms with Crippen molar-refractivity contribution in [1.29, 1.82) is 0 Å². The lowest BCUT2D eigenvalue weighted by Crippen LogP contribution is -2.49. The van der Waals surface area contributed by atoms with Crippen LogP contribution in [0.2, 0.25) is 0 Å². The number of rotatable bonds is 3. The van der Waals surface area contributed by atoms with Crippen LogP contribution < -0.4 is 4.90 Å². The van der Waals surface area contributed by atoms with Gasteiger partial charge in [-0.05, 0) is 48.4 Å². The number of aromatic nitrogens is 1.